The van der Waals surface area contributed by atoms with Gasteiger partial charge in [0.05, 0.1) is 18.7 Å². The van der Waals surface area contributed by atoms with Gasteiger partial charge in [0.15, 0.2) is 6.61 Å². The summed E-state index contributed by atoms with van der Waals surface area (Å²) < 4.78 is 23.8. The van der Waals surface area contributed by atoms with Crippen molar-refractivity contribution in [2.75, 3.05) is 31.6 Å². The van der Waals surface area contributed by atoms with E-state index in [1.807, 2.05) is 6.92 Å². The molecule has 2 aromatic carbocycles. The Labute approximate surface area is 221 Å². The third kappa shape index (κ3) is 8.43. The Kier molecular flexibility index (Phi) is 10.3. The minimum Gasteiger partial charge on any atom is -0.482 e. The highest BCUT2D eigenvalue weighted by molar-refractivity contribution is 6.31. The number of rotatable bonds is 10. The SMILES string of the molecule is CCOC(=O)CCC(=O)Nc1cc(Cl)ccc1OCC(=O)N1C[C@H](C)N(Cc2ccc(F)cc2)C[C@H]1C. The second kappa shape index (κ2) is 13.4. The summed E-state index contributed by atoms with van der Waals surface area (Å²) in [7, 11) is 0. The summed E-state index contributed by atoms with van der Waals surface area (Å²) in [5.41, 5.74) is 1.34. The summed E-state index contributed by atoms with van der Waals surface area (Å²) in [6.07, 6.45) is -0.0978. The molecule has 0 spiro atoms. The number of carbonyl (C=O) groups excluding carboxylic acids is 3. The van der Waals surface area contributed by atoms with Gasteiger partial charge in [0.25, 0.3) is 5.91 Å². The summed E-state index contributed by atoms with van der Waals surface area (Å²) in [6.45, 7) is 7.66. The molecule has 0 aromatic heterocycles. The molecule has 1 saturated heterocycles. The molecule has 0 unspecified atom stereocenters. The number of nitrogens with one attached hydrogen (secondary N) is 1. The molecule has 0 radical (unpaired) electrons. The van der Waals surface area contributed by atoms with Crippen LogP contribution in [-0.2, 0) is 25.7 Å². The lowest BCUT2D eigenvalue weighted by Gasteiger charge is -2.44. The molecule has 8 nitrogen and oxygen atoms in total. The zero-order valence-electron chi connectivity index (χ0n) is 21.3. The number of nitrogens with zero attached hydrogens (tertiary/aromatic N) is 2. The smallest absolute Gasteiger partial charge is 0.306 e. The van der Waals surface area contributed by atoms with Crippen LogP contribution in [0.1, 0.15) is 39.2 Å². The zero-order valence-corrected chi connectivity index (χ0v) is 22.1. The van der Waals surface area contributed by atoms with Crippen LogP contribution in [0.15, 0.2) is 42.5 Å². The van der Waals surface area contributed by atoms with Crippen LogP contribution >= 0.6 is 11.6 Å². The van der Waals surface area contributed by atoms with Crippen molar-refractivity contribution in [2.45, 2.75) is 52.2 Å². The van der Waals surface area contributed by atoms with Crippen molar-refractivity contribution in [3.05, 3.63) is 58.9 Å². The standard InChI is InChI=1S/C27H33ClFN3O5/c1-4-36-27(35)12-11-25(33)30-23-13-21(28)7-10-24(23)37-17-26(34)32-15-18(2)31(14-19(32)3)16-20-5-8-22(29)9-6-20/h5-10,13,18-19H,4,11-12,14-17H2,1-3H3,(H,30,33)/t18-,19+/m0/s1. The number of esters is 1. The quantitative estimate of drug-likeness (QED) is 0.459. The van der Waals surface area contributed by atoms with E-state index in [-0.39, 0.29) is 49.9 Å². The fraction of sp³-hybridized carbons (Fsp3) is 0.444. The highest BCUT2D eigenvalue weighted by Crippen LogP contribution is 2.29. The van der Waals surface area contributed by atoms with Gasteiger partial charge in [-0.2, -0.15) is 0 Å². The van der Waals surface area contributed by atoms with Crippen LogP contribution in [0.25, 0.3) is 0 Å². The molecule has 1 fully saturated rings. The molecule has 3 rings (SSSR count). The molecule has 1 aliphatic rings. The first-order valence-electron chi connectivity index (χ1n) is 12.3. The number of piperazine rings is 1. The van der Waals surface area contributed by atoms with Crippen LogP contribution in [0.2, 0.25) is 5.02 Å². The molecular formula is C27H33ClFN3O5. The Morgan fingerprint density at radius 3 is 2.49 bits per heavy atom. The number of amides is 2. The van der Waals surface area contributed by atoms with Crippen LogP contribution in [-0.4, -0.2) is 66.0 Å². The van der Waals surface area contributed by atoms with Crippen LogP contribution in [0.4, 0.5) is 10.1 Å². The maximum atomic E-state index is 13.2. The minimum absolute atomic E-state index is 0.0417. The Morgan fingerprint density at radius 2 is 1.78 bits per heavy atom. The highest BCUT2D eigenvalue weighted by Gasteiger charge is 2.32. The molecule has 0 bridgehead atoms. The number of anilines is 1. The van der Waals surface area contributed by atoms with E-state index in [1.54, 1.807) is 36.1 Å². The van der Waals surface area contributed by atoms with Crippen molar-refractivity contribution in [3.8, 4) is 5.75 Å². The van der Waals surface area contributed by atoms with Crippen LogP contribution in [0.5, 0.6) is 5.75 Å². The van der Waals surface area contributed by atoms with E-state index in [0.29, 0.717) is 36.1 Å². The third-order valence-electron chi connectivity index (χ3n) is 6.16. The zero-order chi connectivity index (χ0) is 26.9. The first-order valence-corrected chi connectivity index (χ1v) is 12.7. The Bertz CT molecular complexity index is 1100. The number of ether oxygens (including phenoxy) is 2. The molecule has 1 heterocycles. The maximum Gasteiger partial charge on any atom is 0.306 e. The summed E-state index contributed by atoms with van der Waals surface area (Å²) in [5.74, 6) is -0.980. The highest BCUT2D eigenvalue weighted by atomic mass is 35.5. The number of benzene rings is 2. The van der Waals surface area contributed by atoms with Crippen molar-refractivity contribution < 1.29 is 28.2 Å². The Balaban J connectivity index is 1.56. The van der Waals surface area contributed by atoms with Crippen molar-refractivity contribution in [2.24, 2.45) is 0 Å². The second-order valence-electron chi connectivity index (χ2n) is 9.08. The summed E-state index contributed by atoms with van der Waals surface area (Å²) >= 11 is 6.09. The van der Waals surface area contributed by atoms with Crippen LogP contribution in [0, 0.1) is 5.82 Å². The van der Waals surface area contributed by atoms with Gasteiger partial charge in [-0.05, 0) is 56.7 Å². The Morgan fingerprint density at radius 1 is 1.05 bits per heavy atom. The number of halogens is 2. The predicted molar refractivity (Wildman–Crippen MR) is 139 cm³/mol. The lowest BCUT2D eigenvalue weighted by atomic mass is 10.1. The van der Waals surface area contributed by atoms with Crippen molar-refractivity contribution in [1.82, 2.24) is 9.80 Å². The average molecular weight is 534 g/mol. The minimum atomic E-state index is -0.452. The van der Waals surface area contributed by atoms with Crippen LogP contribution in [0.3, 0.4) is 0 Å². The van der Waals surface area contributed by atoms with E-state index >= 15 is 0 Å². The number of hydrogen-bond donors (Lipinski definition) is 1. The fourth-order valence-electron chi connectivity index (χ4n) is 4.20. The molecule has 0 aliphatic carbocycles. The van der Waals surface area contributed by atoms with Gasteiger partial charge < -0.3 is 19.7 Å². The predicted octanol–water partition coefficient (Wildman–Crippen LogP) is 4.26. The topological polar surface area (TPSA) is 88.2 Å². The monoisotopic (exact) mass is 533 g/mol. The summed E-state index contributed by atoms with van der Waals surface area (Å²) in [6, 6.07) is 11.2. The molecule has 2 atom stereocenters. The lowest BCUT2D eigenvalue weighted by molar-refractivity contribution is -0.144. The largest absolute Gasteiger partial charge is 0.482 e. The van der Waals surface area contributed by atoms with Gasteiger partial charge in [-0.3, -0.25) is 19.3 Å². The lowest BCUT2D eigenvalue weighted by Crippen LogP contribution is -2.58. The molecule has 10 heteroatoms. The average Bonchev–Trinajstić information content (AvgIpc) is 2.85. The maximum absolute atomic E-state index is 13.2. The van der Waals surface area contributed by atoms with Crippen molar-refractivity contribution in [1.29, 1.82) is 0 Å². The molecule has 2 amide bonds. The first-order chi connectivity index (χ1) is 17.7. The molecule has 0 saturated carbocycles. The van der Waals surface area contributed by atoms with Gasteiger partial charge in [0.2, 0.25) is 5.91 Å². The molecule has 37 heavy (non-hydrogen) atoms. The van der Waals surface area contributed by atoms with Gasteiger partial charge in [-0.1, -0.05) is 23.7 Å². The first kappa shape index (κ1) is 28.4. The van der Waals surface area contributed by atoms with Gasteiger partial charge in [-0.25, -0.2) is 4.39 Å². The van der Waals surface area contributed by atoms with E-state index < -0.39 is 11.9 Å². The summed E-state index contributed by atoms with van der Waals surface area (Å²) in [5, 5.41) is 3.08. The van der Waals surface area contributed by atoms with Gasteiger partial charge in [-0.15, -0.1) is 0 Å². The van der Waals surface area contributed by atoms with Gasteiger partial charge in [0, 0.05) is 43.2 Å². The van der Waals surface area contributed by atoms with E-state index in [9.17, 15) is 18.8 Å². The molecule has 2 aromatic rings. The molecule has 1 aliphatic heterocycles. The van der Waals surface area contributed by atoms with Crippen molar-refractivity contribution >= 4 is 35.1 Å². The third-order valence-corrected chi connectivity index (χ3v) is 6.40. The molecule has 200 valence electrons. The number of hydrogen-bond acceptors (Lipinski definition) is 6. The van der Waals surface area contributed by atoms with E-state index in [4.69, 9.17) is 21.1 Å². The fourth-order valence-corrected chi connectivity index (χ4v) is 4.37. The normalized spacial score (nSPS) is 17.8. The van der Waals surface area contributed by atoms with E-state index in [0.717, 1.165) is 5.56 Å². The van der Waals surface area contributed by atoms with E-state index in [1.165, 1.54) is 18.2 Å². The van der Waals surface area contributed by atoms with E-state index in [2.05, 4.69) is 17.1 Å². The molecule has 1 N–H and O–H groups in total. The Hall–Kier alpha value is -3.17. The molecular weight excluding hydrogens is 501 g/mol. The number of carbonyl (C=O) groups is 3. The summed E-state index contributed by atoms with van der Waals surface area (Å²) in [4.78, 5) is 40.9. The second-order valence-corrected chi connectivity index (χ2v) is 9.52. The van der Waals surface area contributed by atoms with Crippen LogP contribution < -0.4 is 10.1 Å². The van der Waals surface area contributed by atoms with Gasteiger partial charge >= 0.3 is 5.97 Å². The van der Waals surface area contributed by atoms with Gasteiger partial charge in [0.1, 0.15) is 11.6 Å². The van der Waals surface area contributed by atoms with Crippen molar-refractivity contribution in [3.63, 3.8) is 0 Å².